The fraction of sp³-hybridized carbons (Fsp3) is 0.700. The molecule has 0 aliphatic rings. The van der Waals surface area contributed by atoms with E-state index in [1.165, 1.54) is 0 Å². The SMILES string of the molecule is CC/C(C)=C/NC(=O)NC(C)(C)C. The minimum absolute atomic E-state index is 0.152. The predicted octanol–water partition coefficient (Wildman–Crippen LogP) is 2.40. The van der Waals surface area contributed by atoms with E-state index in [-0.39, 0.29) is 11.6 Å². The van der Waals surface area contributed by atoms with Gasteiger partial charge in [0, 0.05) is 11.7 Å². The van der Waals surface area contributed by atoms with E-state index in [1.54, 1.807) is 6.20 Å². The Labute approximate surface area is 80.6 Å². The van der Waals surface area contributed by atoms with Crippen molar-refractivity contribution >= 4 is 6.03 Å². The molecule has 0 fully saturated rings. The molecule has 76 valence electrons. The Hall–Kier alpha value is -0.990. The molecule has 3 nitrogen and oxygen atoms in total. The zero-order valence-electron chi connectivity index (χ0n) is 9.19. The van der Waals surface area contributed by atoms with E-state index < -0.39 is 0 Å². The Morgan fingerprint density at radius 3 is 2.31 bits per heavy atom. The van der Waals surface area contributed by atoms with E-state index in [9.17, 15) is 4.79 Å². The number of carbonyl (C=O) groups excluding carboxylic acids is 1. The maximum absolute atomic E-state index is 11.2. The number of carbonyl (C=O) groups is 1. The van der Waals surface area contributed by atoms with Crippen LogP contribution in [0, 0.1) is 0 Å². The number of urea groups is 1. The molecular formula is C10H20N2O. The van der Waals surface area contributed by atoms with Crippen molar-refractivity contribution in [1.29, 1.82) is 0 Å². The summed E-state index contributed by atoms with van der Waals surface area (Å²) in [5, 5.41) is 5.48. The molecule has 0 saturated heterocycles. The molecule has 0 aliphatic heterocycles. The van der Waals surface area contributed by atoms with E-state index >= 15 is 0 Å². The lowest BCUT2D eigenvalue weighted by Gasteiger charge is -2.20. The van der Waals surface area contributed by atoms with Crippen molar-refractivity contribution in [2.75, 3.05) is 0 Å². The van der Waals surface area contributed by atoms with E-state index in [4.69, 9.17) is 0 Å². The van der Waals surface area contributed by atoms with Crippen LogP contribution in [0.1, 0.15) is 41.0 Å². The van der Waals surface area contributed by atoms with Gasteiger partial charge < -0.3 is 10.6 Å². The maximum atomic E-state index is 11.2. The van der Waals surface area contributed by atoms with Crippen LogP contribution in [0.3, 0.4) is 0 Å². The molecule has 0 bridgehead atoms. The highest BCUT2D eigenvalue weighted by atomic mass is 16.2. The Bertz CT molecular complexity index is 201. The minimum Gasteiger partial charge on any atom is -0.333 e. The molecule has 3 heteroatoms. The zero-order chi connectivity index (χ0) is 10.5. The second-order valence-electron chi connectivity index (χ2n) is 4.19. The van der Waals surface area contributed by atoms with Crippen molar-refractivity contribution in [2.24, 2.45) is 0 Å². The molecular weight excluding hydrogens is 164 g/mol. The molecule has 0 aliphatic carbocycles. The van der Waals surface area contributed by atoms with Gasteiger partial charge in [-0.25, -0.2) is 4.79 Å². The second kappa shape index (κ2) is 4.90. The molecule has 2 N–H and O–H groups in total. The summed E-state index contributed by atoms with van der Waals surface area (Å²) in [6, 6.07) is -0.152. The lowest BCUT2D eigenvalue weighted by molar-refractivity contribution is 0.235. The van der Waals surface area contributed by atoms with Gasteiger partial charge in [0.05, 0.1) is 0 Å². The van der Waals surface area contributed by atoms with E-state index in [2.05, 4.69) is 17.6 Å². The highest BCUT2D eigenvalue weighted by Gasteiger charge is 2.11. The number of allylic oxidation sites excluding steroid dienone is 1. The highest BCUT2D eigenvalue weighted by Crippen LogP contribution is 1.98. The third-order valence-electron chi connectivity index (χ3n) is 1.50. The van der Waals surface area contributed by atoms with Gasteiger partial charge in [-0.2, -0.15) is 0 Å². The standard InChI is InChI=1S/C10H20N2O/c1-6-8(2)7-11-9(13)12-10(3,4)5/h7H,6H2,1-5H3,(H2,11,12,13)/b8-7+. The summed E-state index contributed by atoms with van der Waals surface area (Å²) in [5.41, 5.74) is 0.974. The van der Waals surface area contributed by atoms with Crippen molar-refractivity contribution in [3.63, 3.8) is 0 Å². The first-order valence-electron chi connectivity index (χ1n) is 4.59. The summed E-state index contributed by atoms with van der Waals surface area (Å²) < 4.78 is 0. The number of amides is 2. The number of hydrogen-bond donors (Lipinski definition) is 2. The number of hydrogen-bond acceptors (Lipinski definition) is 1. The third-order valence-corrected chi connectivity index (χ3v) is 1.50. The largest absolute Gasteiger partial charge is 0.333 e. The van der Waals surface area contributed by atoms with Crippen molar-refractivity contribution in [3.05, 3.63) is 11.8 Å². The molecule has 0 rings (SSSR count). The lowest BCUT2D eigenvalue weighted by atomic mass is 10.1. The van der Waals surface area contributed by atoms with Gasteiger partial charge >= 0.3 is 6.03 Å². The van der Waals surface area contributed by atoms with Crippen LogP contribution < -0.4 is 10.6 Å². The quantitative estimate of drug-likeness (QED) is 0.679. The molecule has 0 spiro atoms. The maximum Gasteiger partial charge on any atom is 0.319 e. The second-order valence-corrected chi connectivity index (χ2v) is 4.19. The molecule has 0 radical (unpaired) electrons. The average molecular weight is 184 g/mol. The smallest absolute Gasteiger partial charge is 0.319 e. The fourth-order valence-electron chi connectivity index (χ4n) is 0.667. The van der Waals surface area contributed by atoms with Crippen LogP contribution in [-0.4, -0.2) is 11.6 Å². The lowest BCUT2D eigenvalue weighted by Crippen LogP contribution is -2.44. The molecule has 13 heavy (non-hydrogen) atoms. The van der Waals surface area contributed by atoms with Crippen molar-refractivity contribution in [1.82, 2.24) is 10.6 Å². The molecule has 0 aromatic carbocycles. The molecule has 0 heterocycles. The first kappa shape index (κ1) is 12.0. The Balaban J connectivity index is 3.90. The average Bonchev–Trinajstić information content (AvgIpc) is 1.97. The van der Waals surface area contributed by atoms with E-state index in [0.717, 1.165) is 12.0 Å². The molecule has 0 saturated carbocycles. The molecule has 2 amide bonds. The summed E-state index contributed by atoms with van der Waals surface area (Å²) in [6.45, 7) is 9.88. The van der Waals surface area contributed by atoms with Crippen LogP contribution in [0.15, 0.2) is 11.8 Å². The van der Waals surface area contributed by atoms with Crippen molar-refractivity contribution < 1.29 is 4.79 Å². The summed E-state index contributed by atoms with van der Waals surface area (Å²) in [5.74, 6) is 0. The monoisotopic (exact) mass is 184 g/mol. The highest BCUT2D eigenvalue weighted by molar-refractivity contribution is 5.75. The zero-order valence-corrected chi connectivity index (χ0v) is 9.19. The van der Waals surface area contributed by atoms with Gasteiger partial charge in [0.1, 0.15) is 0 Å². The van der Waals surface area contributed by atoms with Crippen LogP contribution >= 0.6 is 0 Å². The Morgan fingerprint density at radius 1 is 1.38 bits per heavy atom. The first-order valence-corrected chi connectivity index (χ1v) is 4.59. The molecule has 0 atom stereocenters. The third kappa shape index (κ3) is 7.37. The number of nitrogens with one attached hydrogen (secondary N) is 2. The van der Waals surface area contributed by atoms with Gasteiger partial charge in [0.2, 0.25) is 0 Å². The van der Waals surface area contributed by atoms with Gasteiger partial charge in [-0.15, -0.1) is 0 Å². The molecule has 0 unspecified atom stereocenters. The van der Waals surface area contributed by atoms with Crippen LogP contribution in [-0.2, 0) is 0 Å². The van der Waals surface area contributed by atoms with Crippen molar-refractivity contribution in [2.45, 2.75) is 46.6 Å². The molecule has 0 aromatic rings. The molecule has 0 aromatic heterocycles. The Kier molecular flexibility index (Phi) is 4.52. The van der Waals surface area contributed by atoms with Crippen LogP contribution in [0.5, 0.6) is 0 Å². The summed E-state index contributed by atoms with van der Waals surface area (Å²) >= 11 is 0. The van der Waals surface area contributed by atoms with Gasteiger partial charge in [0.15, 0.2) is 0 Å². The normalized spacial score (nSPS) is 12.5. The van der Waals surface area contributed by atoms with Gasteiger partial charge in [0.25, 0.3) is 0 Å². The summed E-state index contributed by atoms with van der Waals surface area (Å²) in [7, 11) is 0. The summed E-state index contributed by atoms with van der Waals surface area (Å²) in [6.07, 6.45) is 2.69. The van der Waals surface area contributed by atoms with Crippen molar-refractivity contribution in [3.8, 4) is 0 Å². The van der Waals surface area contributed by atoms with Crippen LogP contribution in [0.2, 0.25) is 0 Å². The Morgan fingerprint density at radius 2 is 1.92 bits per heavy atom. The van der Waals surface area contributed by atoms with Gasteiger partial charge in [-0.05, 0) is 34.1 Å². The van der Waals surface area contributed by atoms with E-state index in [1.807, 2.05) is 27.7 Å². The van der Waals surface area contributed by atoms with Crippen LogP contribution in [0.4, 0.5) is 4.79 Å². The van der Waals surface area contributed by atoms with Gasteiger partial charge in [-0.3, -0.25) is 0 Å². The minimum atomic E-state index is -0.182. The van der Waals surface area contributed by atoms with Crippen LogP contribution in [0.25, 0.3) is 0 Å². The van der Waals surface area contributed by atoms with Gasteiger partial charge in [-0.1, -0.05) is 12.5 Å². The fourth-order valence-corrected chi connectivity index (χ4v) is 0.667. The predicted molar refractivity (Wildman–Crippen MR) is 55.5 cm³/mol. The summed E-state index contributed by atoms with van der Waals surface area (Å²) in [4.78, 5) is 11.2. The first-order chi connectivity index (χ1) is 5.85. The topological polar surface area (TPSA) is 41.1 Å². The number of rotatable bonds is 2. The van der Waals surface area contributed by atoms with E-state index in [0.29, 0.717) is 0 Å².